The number of carbonyl (C=O) groups excluding carboxylic acids is 1. The highest BCUT2D eigenvalue weighted by molar-refractivity contribution is 5.74. The van der Waals surface area contributed by atoms with Crippen molar-refractivity contribution in [2.75, 3.05) is 0 Å². The molecule has 0 saturated heterocycles. The molecule has 0 aromatic heterocycles. The molecule has 0 aliphatic rings. The first kappa shape index (κ1) is 11.7. The van der Waals surface area contributed by atoms with Gasteiger partial charge in [-0.3, -0.25) is 4.79 Å². The lowest BCUT2D eigenvalue weighted by molar-refractivity contribution is 0.0147. The van der Waals surface area contributed by atoms with Crippen LogP contribution in [0, 0.1) is 0 Å². The second-order valence-corrected chi connectivity index (χ2v) is 2.98. The van der Waals surface area contributed by atoms with Crippen molar-refractivity contribution < 1.29 is 22.4 Å². The Balaban J connectivity index is 2.96. The van der Waals surface area contributed by atoms with E-state index in [0.29, 0.717) is 6.29 Å². The van der Waals surface area contributed by atoms with Gasteiger partial charge in [0.25, 0.3) is 12.9 Å². The Bertz CT molecular complexity index is 313. The van der Waals surface area contributed by atoms with Gasteiger partial charge in [0.15, 0.2) is 0 Å². The van der Waals surface area contributed by atoms with E-state index in [0.717, 1.165) is 12.1 Å². The third kappa shape index (κ3) is 2.78. The van der Waals surface area contributed by atoms with E-state index < -0.39 is 18.8 Å². The van der Waals surface area contributed by atoms with Gasteiger partial charge in [0.1, 0.15) is 12.2 Å². The van der Waals surface area contributed by atoms with Gasteiger partial charge >= 0.3 is 0 Å². The first-order valence-electron chi connectivity index (χ1n) is 4.17. The van der Waals surface area contributed by atoms with Crippen LogP contribution in [0.15, 0.2) is 24.3 Å². The van der Waals surface area contributed by atoms with Gasteiger partial charge in [-0.15, -0.1) is 0 Å². The molecule has 0 fully saturated rings. The minimum Gasteiger partial charge on any atom is -0.298 e. The Morgan fingerprint density at radius 3 is 1.73 bits per heavy atom. The monoisotopic (exact) mass is 220 g/mol. The summed E-state index contributed by atoms with van der Waals surface area (Å²) in [5.41, 5.74) is 0.103. The van der Waals surface area contributed by atoms with E-state index >= 15 is 0 Å². The molecule has 0 aliphatic heterocycles. The first-order chi connectivity index (χ1) is 7.06. The topological polar surface area (TPSA) is 17.1 Å². The standard InChI is InChI=1S/C10H8F4O/c11-9(12)8(10(13)14)7-3-1-6(5-15)2-4-7/h1-5,8-10H. The smallest absolute Gasteiger partial charge is 0.250 e. The molecule has 1 aromatic rings. The Kier molecular flexibility index (Phi) is 3.82. The van der Waals surface area contributed by atoms with Gasteiger partial charge in [0.05, 0.1) is 0 Å². The molecular formula is C10H8F4O. The van der Waals surface area contributed by atoms with Crippen LogP contribution in [0.1, 0.15) is 21.8 Å². The van der Waals surface area contributed by atoms with Gasteiger partial charge in [-0.05, 0) is 5.56 Å². The molecule has 1 rings (SSSR count). The Labute approximate surface area is 83.7 Å². The maximum Gasteiger partial charge on any atom is 0.250 e. The predicted molar refractivity (Wildman–Crippen MR) is 46.6 cm³/mol. The summed E-state index contributed by atoms with van der Waals surface area (Å²) >= 11 is 0. The van der Waals surface area contributed by atoms with Gasteiger partial charge in [-0.2, -0.15) is 0 Å². The summed E-state index contributed by atoms with van der Waals surface area (Å²) < 4.78 is 49.1. The Morgan fingerprint density at radius 2 is 1.40 bits per heavy atom. The largest absolute Gasteiger partial charge is 0.298 e. The summed E-state index contributed by atoms with van der Waals surface area (Å²) in [6.45, 7) is 0. The fourth-order valence-electron chi connectivity index (χ4n) is 1.20. The van der Waals surface area contributed by atoms with Crippen molar-refractivity contribution in [3.63, 3.8) is 0 Å². The highest BCUT2D eigenvalue weighted by Gasteiger charge is 2.31. The van der Waals surface area contributed by atoms with Crippen molar-refractivity contribution in [3.8, 4) is 0 Å². The molecule has 5 heteroatoms. The van der Waals surface area contributed by atoms with Crippen molar-refractivity contribution >= 4 is 6.29 Å². The van der Waals surface area contributed by atoms with Crippen LogP contribution >= 0.6 is 0 Å². The minimum atomic E-state index is -3.12. The van der Waals surface area contributed by atoms with Crippen LogP contribution in [0.25, 0.3) is 0 Å². The second kappa shape index (κ2) is 4.91. The van der Waals surface area contributed by atoms with Gasteiger partial charge in [-0.25, -0.2) is 17.6 Å². The molecule has 0 atom stereocenters. The number of alkyl halides is 4. The highest BCUT2D eigenvalue weighted by Crippen LogP contribution is 2.29. The maximum atomic E-state index is 12.3. The van der Waals surface area contributed by atoms with Gasteiger partial charge in [-0.1, -0.05) is 24.3 Å². The van der Waals surface area contributed by atoms with E-state index in [1.54, 1.807) is 0 Å². The minimum absolute atomic E-state index is 0.161. The number of hydrogen-bond donors (Lipinski definition) is 0. The third-order valence-corrected chi connectivity index (χ3v) is 2.00. The molecule has 0 bridgehead atoms. The predicted octanol–water partition coefficient (Wildman–Crippen LogP) is 3.11. The molecule has 1 aromatic carbocycles. The van der Waals surface area contributed by atoms with Crippen molar-refractivity contribution in [2.24, 2.45) is 0 Å². The quantitative estimate of drug-likeness (QED) is 0.562. The molecule has 1 nitrogen and oxygen atoms in total. The van der Waals surface area contributed by atoms with Crippen molar-refractivity contribution in [3.05, 3.63) is 35.4 Å². The maximum absolute atomic E-state index is 12.3. The van der Waals surface area contributed by atoms with Crippen LogP contribution in [-0.2, 0) is 0 Å². The van der Waals surface area contributed by atoms with E-state index in [4.69, 9.17) is 0 Å². The summed E-state index contributed by atoms with van der Waals surface area (Å²) in [4.78, 5) is 10.3. The summed E-state index contributed by atoms with van der Waals surface area (Å²) in [6, 6.07) is 4.71. The summed E-state index contributed by atoms with van der Waals surface area (Å²) in [6.07, 6.45) is -5.72. The van der Waals surface area contributed by atoms with Crippen LogP contribution in [-0.4, -0.2) is 19.1 Å². The van der Waals surface area contributed by atoms with Gasteiger partial charge in [0.2, 0.25) is 0 Å². The van der Waals surface area contributed by atoms with Crippen LogP contribution in [0.3, 0.4) is 0 Å². The fourth-order valence-corrected chi connectivity index (χ4v) is 1.20. The second-order valence-electron chi connectivity index (χ2n) is 2.98. The zero-order chi connectivity index (χ0) is 11.4. The molecule has 0 heterocycles. The lowest BCUT2D eigenvalue weighted by Gasteiger charge is -2.15. The third-order valence-electron chi connectivity index (χ3n) is 2.00. The number of hydrogen-bond acceptors (Lipinski definition) is 1. The fraction of sp³-hybridized carbons (Fsp3) is 0.300. The van der Waals surface area contributed by atoms with E-state index in [1.165, 1.54) is 12.1 Å². The van der Waals surface area contributed by atoms with E-state index in [1.807, 2.05) is 0 Å². The molecule has 82 valence electrons. The summed E-state index contributed by atoms with van der Waals surface area (Å²) in [5.74, 6) is -2.09. The van der Waals surface area contributed by atoms with Crippen LogP contribution < -0.4 is 0 Å². The molecule has 0 aliphatic carbocycles. The number of aldehydes is 1. The summed E-state index contributed by atoms with van der Waals surface area (Å²) in [5, 5.41) is 0. The average Bonchev–Trinajstić information content (AvgIpc) is 2.18. The number of benzene rings is 1. The first-order valence-corrected chi connectivity index (χ1v) is 4.17. The van der Waals surface area contributed by atoms with Crippen molar-refractivity contribution in [2.45, 2.75) is 18.8 Å². The van der Waals surface area contributed by atoms with Gasteiger partial charge in [0, 0.05) is 5.56 Å². The number of rotatable bonds is 4. The molecule has 0 amide bonds. The van der Waals surface area contributed by atoms with Gasteiger partial charge < -0.3 is 0 Å². The number of halogens is 4. The molecule has 0 spiro atoms. The molecule has 0 radical (unpaired) electrons. The average molecular weight is 220 g/mol. The Hall–Kier alpha value is -1.39. The van der Waals surface area contributed by atoms with Crippen LogP contribution in [0.4, 0.5) is 17.6 Å². The van der Waals surface area contributed by atoms with Crippen molar-refractivity contribution in [1.82, 2.24) is 0 Å². The van der Waals surface area contributed by atoms with Crippen LogP contribution in [0.2, 0.25) is 0 Å². The zero-order valence-electron chi connectivity index (χ0n) is 7.54. The SMILES string of the molecule is O=Cc1ccc(C(C(F)F)C(F)F)cc1. The van der Waals surface area contributed by atoms with E-state index in [2.05, 4.69) is 0 Å². The summed E-state index contributed by atoms with van der Waals surface area (Å²) in [7, 11) is 0. The Morgan fingerprint density at radius 1 is 0.933 bits per heavy atom. The molecule has 0 saturated carbocycles. The zero-order valence-corrected chi connectivity index (χ0v) is 7.54. The number of carbonyl (C=O) groups is 1. The van der Waals surface area contributed by atoms with E-state index in [9.17, 15) is 22.4 Å². The molecule has 0 unspecified atom stereocenters. The molecule has 0 N–H and O–H groups in total. The highest BCUT2D eigenvalue weighted by atomic mass is 19.3. The molecular weight excluding hydrogens is 212 g/mol. The van der Waals surface area contributed by atoms with E-state index in [-0.39, 0.29) is 11.1 Å². The molecule has 15 heavy (non-hydrogen) atoms. The lowest BCUT2D eigenvalue weighted by atomic mass is 9.99. The van der Waals surface area contributed by atoms with Crippen LogP contribution in [0.5, 0.6) is 0 Å². The van der Waals surface area contributed by atoms with Crippen molar-refractivity contribution in [1.29, 1.82) is 0 Å². The normalized spacial score (nSPS) is 11.4. The lowest BCUT2D eigenvalue weighted by Crippen LogP contribution is -2.17.